The molecule has 0 spiro atoms. The van der Waals surface area contributed by atoms with Gasteiger partial charge in [0.1, 0.15) is 0 Å². The zero-order valence-electron chi connectivity index (χ0n) is 21.6. The summed E-state index contributed by atoms with van der Waals surface area (Å²) < 4.78 is 3.52. The van der Waals surface area contributed by atoms with Gasteiger partial charge < -0.3 is 4.90 Å². The highest BCUT2D eigenvalue weighted by atomic mass is 16.1. The summed E-state index contributed by atoms with van der Waals surface area (Å²) in [5.41, 5.74) is 7.77. The third kappa shape index (κ3) is 3.72. The van der Waals surface area contributed by atoms with Gasteiger partial charge in [-0.05, 0) is 86.4 Å². The van der Waals surface area contributed by atoms with E-state index in [1.807, 2.05) is 42.1 Å². The molecule has 0 radical (unpaired) electrons. The van der Waals surface area contributed by atoms with E-state index in [0.29, 0.717) is 5.92 Å². The number of nitrogens with zero attached hydrogens (tertiary/aromatic N) is 5. The standard InChI is InChI=1S/C32H29N5O/c1-35-15-13-22(14-16-35)21-7-10-26(11-8-21)37-31-27-18-23(25-17-24-5-3-4-6-28(24)33-19-25)9-12-29(27)34-20-30(31)36(2)32(37)38/h3-12,17-20,22H,13-16H2,1-2H3. The quantitative estimate of drug-likeness (QED) is 0.304. The maximum absolute atomic E-state index is 13.5. The largest absolute Gasteiger partial charge is 0.333 e. The zero-order chi connectivity index (χ0) is 25.8. The predicted molar refractivity (Wildman–Crippen MR) is 154 cm³/mol. The van der Waals surface area contributed by atoms with Crippen LogP contribution in [-0.2, 0) is 7.05 Å². The van der Waals surface area contributed by atoms with Crippen molar-refractivity contribution in [2.45, 2.75) is 18.8 Å². The molecular formula is C32H29N5O. The van der Waals surface area contributed by atoms with Gasteiger partial charge in [-0.2, -0.15) is 0 Å². The molecule has 4 heterocycles. The molecule has 3 aromatic carbocycles. The van der Waals surface area contributed by atoms with Crippen LogP contribution in [0, 0.1) is 0 Å². The monoisotopic (exact) mass is 499 g/mol. The van der Waals surface area contributed by atoms with Gasteiger partial charge in [0.2, 0.25) is 0 Å². The van der Waals surface area contributed by atoms with Crippen molar-refractivity contribution in [2.75, 3.05) is 20.1 Å². The molecule has 3 aromatic heterocycles. The van der Waals surface area contributed by atoms with Crippen LogP contribution in [-0.4, -0.2) is 44.1 Å². The van der Waals surface area contributed by atoms with Crippen LogP contribution < -0.4 is 5.69 Å². The van der Waals surface area contributed by atoms with Crippen LogP contribution >= 0.6 is 0 Å². The van der Waals surface area contributed by atoms with E-state index < -0.39 is 0 Å². The maximum atomic E-state index is 13.5. The number of hydrogen-bond acceptors (Lipinski definition) is 4. The SMILES string of the molecule is CN1CCC(c2ccc(-n3c(=O)n(C)c4cnc5ccc(-c6cnc7ccccc7c6)cc5c43)cc2)CC1. The fraction of sp³-hybridized carbons (Fsp3) is 0.219. The molecule has 38 heavy (non-hydrogen) atoms. The van der Waals surface area contributed by atoms with E-state index in [-0.39, 0.29) is 5.69 Å². The Kier molecular flexibility index (Phi) is 5.37. The third-order valence-corrected chi connectivity index (χ3v) is 8.15. The topological polar surface area (TPSA) is 56.0 Å². The first-order valence-electron chi connectivity index (χ1n) is 13.2. The second-order valence-electron chi connectivity index (χ2n) is 10.5. The molecule has 0 N–H and O–H groups in total. The smallest absolute Gasteiger partial charge is 0.306 e. The first kappa shape index (κ1) is 22.9. The number of aromatic nitrogens is 4. The van der Waals surface area contributed by atoms with Gasteiger partial charge in [0, 0.05) is 29.6 Å². The summed E-state index contributed by atoms with van der Waals surface area (Å²) in [6.07, 6.45) is 6.07. The van der Waals surface area contributed by atoms with Crippen molar-refractivity contribution in [3.8, 4) is 16.8 Å². The van der Waals surface area contributed by atoms with Crippen molar-refractivity contribution in [3.05, 3.63) is 101 Å². The van der Waals surface area contributed by atoms with Crippen molar-refractivity contribution in [1.29, 1.82) is 0 Å². The fourth-order valence-electron chi connectivity index (χ4n) is 5.88. The summed E-state index contributed by atoms with van der Waals surface area (Å²) in [6.45, 7) is 2.26. The third-order valence-electron chi connectivity index (χ3n) is 8.15. The second kappa shape index (κ2) is 8.92. The van der Waals surface area contributed by atoms with Gasteiger partial charge in [-0.25, -0.2) is 4.79 Å². The molecule has 6 aromatic rings. The Bertz CT molecular complexity index is 1870. The van der Waals surface area contributed by atoms with Crippen LogP contribution in [0.15, 0.2) is 90.0 Å². The lowest BCUT2D eigenvalue weighted by Crippen LogP contribution is -2.29. The minimum absolute atomic E-state index is 0.0703. The van der Waals surface area contributed by atoms with E-state index in [0.717, 1.165) is 62.7 Å². The number of aryl methyl sites for hydroxylation is 1. The first-order chi connectivity index (χ1) is 18.6. The van der Waals surface area contributed by atoms with Gasteiger partial charge in [-0.15, -0.1) is 0 Å². The van der Waals surface area contributed by atoms with Crippen molar-refractivity contribution < 1.29 is 0 Å². The molecule has 188 valence electrons. The van der Waals surface area contributed by atoms with E-state index in [9.17, 15) is 4.79 Å². The summed E-state index contributed by atoms with van der Waals surface area (Å²) in [6, 6.07) is 25.1. The normalized spacial score (nSPS) is 15.1. The van der Waals surface area contributed by atoms with Gasteiger partial charge >= 0.3 is 5.69 Å². The number of rotatable bonds is 3. The number of fused-ring (bicyclic) bond motifs is 4. The number of hydrogen-bond donors (Lipinski definition) is 0. The Morgan fingerprint density at radius 1 is 0.789 bits per heavy atom. The van der Waals surface area contributed by atoms with E-state index in [4.69, 9.17) is 4.98 Å². The molecule has 0 saturated carbocycles. The Morgan fingerprint density at radius 2 is 1.55 bits per heavy atom. The van der Waals surface area contributed by atoms with Crippen molar-refractivity contribution in [1.82, 2.24) is 24.0 Å². The highest BCUT2D eigenvalue weighted by Gasteiger charge is 2.20. The average molecular weight is 500 g/mol. The lowest BCUT2D eigenvalue weighted by molar-refractivity contribution is 0.255. The first-order valence-corrected chi connectivity index (χ1v) is 13.2. The van der Waals surface area contributed by atoms with E-state index in [1.165, 1.54) is 18.4 Å². The number of benzene rings is 3. The van der Waals surface area contributed by atoms with Gasteiger partial charge in [0.25, 0.3) is 0 Å². The molecule has 0 atom stereocenters. The lowest BCUT2D eigenvalue weighted by atomic mass is 9.89. The average Bonchev–Trinajstić information content (AvgIpc) is 3.23. The summed E-state index contributed by atoms with van der Waals surface area (Å²) in [5.74, 6) is 0.577. The van der Waals surface area contributed by atoms with E-state index in [2.05, 4.69) is 65.5 Å². The van der Waals surface area contributed by atoms with Crippen molar-refractivity contribution in [2.24, 2.45) is 7.05 Å². The Balaban J connectivity index is 1.37. The van der Waals surface area contributed by atoms with Gasteiger partial charge in [-0.3, -0.25) is 19.1 Å². The Hall–Kier alpha value is -4.29. The van der Waals surface area contributed by atoms with Crippen molar-refractivity contribution >= 4 is 32.8 Å². The lowest BCUT2D eigenvalue weighted by Gasteiger charge is -2.29. The van der Waals surface area contributed by atoms with Crippen molar-refractivity contribution in [3.63, 3.8) is 0 Å². The fourth-order valence-corrected chi connectivity index (χ4v) is 5.88. The molecule has 1 aliphatic rings. The number of likely N-dealkylation sites (tertiary alicyclic amines) is 1. The molecule has 0 amide bonds. The van der Waals surface area contributed by atoms with Gasteiger partial charge in [-0.1, -0.05) is 36.4 Å². The molecule has 6 nitrogen and oxygen atoms in total. The van der Waals surface area contributed by atoms with Crippen LogP contribution in [0.5, 0.6) is 0 Å². The maximum Gasteiger partial charge on any atom is 0.333 e. The molecule has 0 bridgehead atoms. The van der Waals surface area contributed by atoms with Crippen LogP contribution in [0.3, 0.4) is 0 Å². The van der Waals surface area contributed by atoms with Gasteiger partial charge in [0.05, 0.1) is 34.0 Å². The van der Waals surface area contributed by atoms with Gasteiger partial charge in [0.15, 0.2) is 0 Å². The summed E-state index contributed by atoms with van der Waals surface area (Å²) >= 11 is 0. The number of imidazole rings is 1. The van der Waals surface area contributed by atoms with Crippen LogP contribution in [0.2, 0.25) is 0 Å². The minimum Gasteiger partial charge on any atom is -0.306 e. The van der Waals surface area contributed by atoms with E-state index >= 15 is 0 Å². The summed E-state index contributed by atoms with van der Waals surface area (Å²) in [5, 5.41) is 2.05. The van der Waals surface area contributed by atoms with E-state index in [1.54, 1.807) is 10.8 Å². The molecule has 0 unspecified atom stereocenters. The number of para-hydroxylation sites is 1. The number of pyridine rings is 2. The predicted octanol–water partition coefficient (Wildman–Crippen LogP) is 5.90. The molecule has 0 aliphatic carbocycles. The highest BCUT2D eigenvalue weighted by Crippen LogP contribution is 2.32. The summed E-state index contributed by atoms with van der Waals surface area (Å²) in [7, 11) is 4.01. The van der Waals surface area contributed by atoms with Crippen LogP contribution in [0.1, 0.15) is 24.3 Å². The Labute approximate surface area is 220 Å². The van der Waals surface area contributed by atoms with Crippen LogP contribution in [0.4, 0.5) is 0 Å². The highest BCUT2D eigenvalue weighted by molar-refractivity contribution is 6.04. The molecule has 6 heteroatoms. The zero-order valence-corrected chi connectivity index (χ0v) is 21.6. The second-order valence-corrected chi connectivity index (χ2v) is 10.5. The molecule has 1 fully saturated rings. The molecule has 1 aliphatic heterocycles. The molecular weight excluding hydrogens is 470 g/mol. The van der Waals surface area contributed by atoms with Crippen LogP contribution in [0.25, 0.3) is 49.7 Å². The summed E-state index contributed by atoms with van der Waals surface area (Å²) in [4.78, 5) is 25.3. The Morgan fingerprint density at radius 3 is 2.37 bits per heavy atom. The molecule has 1 saturated heterocycles. The minimum atomic E-state index is -0.0703. The molecule has 7 rings (SSSR count). The number of piperidine rings is 1.